The number of benzene rings is 2. The highest BCUT2D eigenvalue weighted by molar-refractivity contribution is 9.10. The lowest BCUT2D eigenvalue weighted by Gasteiger charge is -2.05. The van der Waals surface area contributed by atoms with E-state index < -0.39 is 0 Å². The van der Waals surface area contributed by atoms with Crippen LogP contribution in [0.4, 0.5) is 0 Å². The van der Waals surface area contributed by atoms with Crippen LogP contribution in [0.1, 0.15) is 5.56 Å². The minimum Gasteiger partial charge on any atom is -0.228 e. The van der Waals surface area contributed by atoms with Crippen LogP contribution in [-0.4, -0.2) is 9.97 Å². The molecule has 0 unspecified atom stereocenters. The molecule has 4 heteroatoms. The molecule has 0 bridgehead atoms. The Balaban J connectivity index is 2.25. The third-order valence-electron chi connectivity index (χ3n) is 2.89. The molecule has 0 saturated heterocycles. The fraction of sp³-hybridized carbons (Fsp3) is 0.0667. The molecule has 3 rings (SSSR count). The largest absolute Gasteiger partial charge is 0.228 e. The van der Waals surface area contributed by atoms with Crippen molar-refractivity contribution in [2.75, 3.05) is 0 Å². The van der Waals surface area contributed by atoms with Gasteiger partial charge in [0.2, 0.25) is 0 Å². The zero-order valence-corrected chi connectivity index (χ0v) is 12.5. The molecule has 2 nitrogen and oxygen atoms in total. The van der Waals surface area contributed by atoms with Crippen LogP contribution in [0, 0.1) is 6.92 Å². The van der Waals surface area contributed by atoms with E-state index in [9.17, 15) is 0 Å². The van der Waals surface area contributed by atoms with Crippen LogP contribution >= 0.6 is 27.5 Å². The van der Waals surface area contributed by atoms with Gasteiger partial charge in [-0.3, -0.25) is 0 Å². The summed E-state index contributed by atoms with van der Waals surface area (Å²) in [5.41, 5.74) is 2.99. The molecular formula is C15H10BrClN2. The van der Waals surface area contributed by atoms with Crippen molar-refractivity contribution in [2.45, 2.75) is 6.92 Å². The van der Waals surface area contributed by atoms with E-state index >= 15 is 0 Å². The maximum Gasteiger partial charge on any atom is 0.161 e. The van der Waals surface area contributed by atoms with Gasteiger partial charge in [0.1, 0.15) is 5.15 Å². The van der Waals surface area contributed by atoms with Gasteiger partial charge < -0.3 is 0 Å². The van der Waals surface area contributed by atoms with Gasteiger partial charge in [0.05, 0.1) is 5.52 Å². The number of aromatic nitrogens is 2. The summed E-state index contributed by atoms with van der Waals surface area (Å²) in [6, 6.07) is 13.9. The molecule has 0 saturated carbocycles. The van der Waals surface area contributed by atoms with Gasteiger partial charge in [-0.15, -0.1) is 0 Å². The first-order chi connectivity index (χ1) is 9.13. The monoisotopic (exact) mass is 332 g/mol. The van der Waals surface area contributed by atoms with Crippen LogP contribution < -0.4 is 0 Å². The summed E-state index contributed by atoms with van der Waals surface area (Å²) in [7, 11) is 0. The first-order valence-electron chi connectivity index (χ1n) is 5.83. The van der Waals surface area contributed by atoms with E-state index in [1.165, 1.54) is 5.56 Å². The molecule has 0 aliphatic rings. The third-order valence-corrected chi connectivity index (χ3v) is 3.67. The zero-order valence-electron chi connectivity index (χ0n) is 10.2. The van der Waals surface area contributed by atoms with E-state index in [2.05, 4.69) is 32.0 Å². The number of aryl methyl sites for hydroxylation is 1. The van der Waals surface area contributed by atoms with Crippen molar-refractivity contribution in [1.29, 1.82) is 0 Å². The van der Waals surface area contributed by atoms with Crippen LogP contribution in [-0.2, 0) is 0 Å². The van der Waals surface area contributed by atoms with Crippen molar-refractivity contribution in [3.05, 3.63) is 57.7 Å². The Bertz CT molecular complexity index is 771. The van der Waals surface area contributed by atoms with E-state index in [4.69, 9.17) is 11.6 Å². The van der Waals surface area contributed by atoms with Crippen LogP contribution in [0.2, 0.25) is 5.15 Å². The lowest BCUT2D eigenvalue weighted by Crippen LogP contribution is -1.92. The van der Waals surface area contributed by atoms with Gasteiger partial charge in [-0.1, -0.05) is 51.3 Å². The van der Waals surface area contributed by atoms with E-state index in [1.807, 2.05) is 43.3 Å². The number of nitrogens with zero attached hydrogens (tertiary/aromatic N) is 2. The van der Waals surface area contributed by atoms with Crippen molar-refractivity contribution >= 4 is 38.4 Å². The molecule has 1 heterocycles. The average molecular weight is 334 g/mol. The Labute approximate surface area is 124 Å². The fourth-order valence-electron chi connectivity index (χ4n) is 1.98. The maximum absolute atomic E-state index is 6.24. The quantitative estimate of drug-likeness (QED) is 0.584. The van der Waals surface area contributed by atoms with Crippen molar-refractivity contribution in [2.24, 2.45) is 0 Å². The molecular weight excluding hydrogens is 324 g/mol. The Morgan fingerprint density at radius 2 is 1.89 bits per heavy atom. The normalized spacial score (nSPS) is 10.9. The first kappa shape index (κ1) is 12.6. The Kier molecular flexibility index (Phi) is 3.25. The Morgan fingerprint density at radius 3 is 2.68 bits per heavy atom. The van der Waals surface area contributed by atoms with Crippen molar-refractivity contribution < 1.29 is 0 Å². The van der Waals surface area contributed by atoms with Gasteiger partial charge in [0.25, 0.3) is 0 Å². The van der Waals surface area contributed by atoms with Crippen LogP contribution in [0.25, 0.3) is 22.3 Å². The standard InChI is InChI=1S/C15H10BrClN2/c1-9-3-2-4-10(7-9)15-18-13-8-11(16)5-6-12(13)14(17)19-15/h2-8H,1H3. The molecule has 1 aromatic heterocycles. The Morgan fingerprint density at radius 1 is 1.05 bits per heavy atom. The molecule has 0 radical (unpaired) electrons. The number of fused-ring (bicyclic) bond motifs is 1. The Hall–Kier alpha value is -1.45. The van der Waals surface area contributed by atoms with Crippen LogP contribution in [0.3, 0.4) is 0 Å². The van der Waals surface area contributed by atoms with E-state index in [0.29, 0.717) is 11.0 Å². The summed E-state index contributed by atoms with van der Waals surface area (Å²) in [5, 5.41) is 1.34. The van der Waals surface area contributed by atoms with Gasteiger partial charge in [-0.05, 0) is 31.2 Å². The van der Waals surface area contributed by atoms with Gasteiger partial charge in [-0.25, -0.2) is 9.97 Å². The van der Waals surface area contributed by atoms with Crippen molar-refractivity contribution in [3.8, 4) is 11.4 Å². The van der Waals surface area contributed by atoms with Gasteiger partial charge in [-0.2, -0.15) is 0 Å². The third kappa shape index (κ3) is 2.48. The van der Waals surface area contributed by atoms with Gasteiger partial charge in [0, 0.05) is 15.4 Å². The van der Waals surface area contributed by atoms with Crippen molar-refractivity contribution in [3.63, 3.8) is 0 Å². The number of hydrogen-bond donors (Lipinski definition) is 0. The summed E-state index contributed by atoms with van der Waals surface area (Å²) in [4.78, 5) is 8.96. The number of hydrogen-bond acceptors (Lipinski definition) is 2. The van der Waals surface area contributed by atoms with Gasteiger partial charge in [0.15, 0.2) is 5.82 Å². The molecule has 0 amide bonds. The second kappa shape index (κ2) is 4.91. The summed E-state index contributed by atoms with van der Waals surface area (Å²) in [6.45, 7) is 2.04. The first-order valence-corrected chi connectivity index (χ1v) is 7.00. The fourth-order valence-corrected chi connectivity index (χ4v) is 2.57. The smallest absolute Gasteiger partial charge is 0.161 e. The minimum atomic E-state index is 0.481. The molecule has 0 atom stereocenters. The zero-order chi connectivity index (χ0) is 13.4. The summed E-state index contributed by atoms with van der Waals surface area (Å²) >= 11 is 9.68. The highest BCUT2D eigenvalue weighted by atomic mass is 79.9. The summed E-state index contributed by atoms with van der Waals surface area (Å²) in [5.74, 6) is 0.652. The molecule has 0 aliphatic carbocycles. The van der Waals surface area contributed by atoms with E-state index in [-0.39, 0.29) is 0 Å². The lowest BCUT2D eigenvalue weighted by molar-refractivity contribution is 1.22. The van der Waals surface area contributed by atoms with Crippen LogP contribution in [0.15, 0.2) is 46.9 Å². The summed E-state index contributed by atoms with van der Waals surface area (Å²) in [6.07, 6.45) is 0. The second-order valence-electron chi connectivity index (χ2n) is 4.37. The highest BCUT2D eigenvalue weighted by Gasteiger charge is 2.08. The SMILES string of the molecule is Cc1cccc(-c2nc(Cl)c3ccc(Br)cc3n2)c1. The van der Waals surface area contributed by atoms with Crippen LogP contribution in [0.5, 0.6) is 0 Å². The molecule has 19 heavy (non-hydrogen) atoms. The van der Waals surface area contributed by atoms with Gasteiger partial charge >= 0.3 is 0 Å². The average Bonchev–Trinajstić information content (AvgIpc) is 2.38. The predicted octanol–water partition coefficient (Wildman–Crippen LogP) is 5.02. The summed E-state index contributed by atoms with van der Waals surface area (Å²) < 4.78 is 0.977. The second-order valence-corrected chi connectivity index (χ2v) is 5.64. The number of halogens is 2. The topological polar surface area (TPSA) is 25.8 Å². The molecule has 0 N–H and O–H groups in total. The van der Waals surface area contributed by atoms with E-state index in [0.717, 1.165) is 20.9 Å². The molecule has 0 fully saturated rings. The highest BCUT2D eigenvalue weighted by Crippen LogP contribution is 2.27. The maximum atomic E-state index is 6.24. The number of rotatable bonds is 1. The minimum absolute atomic E-state index is 0.481. The molecule has 0 aliphatic heterocycles. The molecule has 94 valence electrons. The molecule has 0 spiro atoms. The predicted molar refractivity (Wildman–Crippen MR) is 82.4 cm³/mol. The lowest BCUT2D eigenvalue weighted by atomic mass is 10.1. The molecule has 3 aromatic rings. The van der Waals surface area contributed by atoms with Crippen molar-refractivity contribution in [1.82, 2.24) is 9.97 Å². The molecule has 2 aromatic carbocycles. The van der Waals surface area contributed by atoms with E-state index in [1.54, 1.807) is 0 Å².